The van der Waals surface area contributed by atoms with Gasteiger partial charge in [-0.25, -0.2) is 0 Å². The molecule has 0 spiro atoms. The van der Waals surface area contributed by atoms with Crippen LogP contribution in [0.5, 0.6) is 0 Å². The molecule has 2 aliphatic carbocycles. The van der Waals surface area contributed by atoms with Crippen LogP contribution in [0.2, 0.25) is 0 Å². The number of amides is 3. The molecule has 1 aliphatic heterocycles. The molecule has 5 rings (SSSR count). The number of nitrogens with one attached hydrogen (secondary N) is 1. The molecule has 168 valence electrons. The minimum atomic E-state index is -1.04. The van der Waals surface area contributed by atoms with Gasteiger partial charge in [-0.1, -0.05) is 48.6 Å². The fraction of sp³-hybridized carbons (Fsp3) is 0.320. The average molecular weight is 445 g/mol. The number of carbonyl (C=O) groups excluding carboxylic acids is 3. The molecule has 2 aromatic carbocycles. The molecular weight excluding hydrogens is 422 g/mol. The second kappa shape index (κ2) is 7.95. The molecule has 2 aromatic rings. The Balaban J connectivity index is 1.46. The van der Waals surface area contributed by atoms with Gasteiger partial charge >= 0.3 is 0 Å². The molecule has 1 N–H and O–H groups in total. The predicted octanol–water partition coefficient (Wildman–Crippen LogP) is 3.26. The van der Waals surface area contributed by atoms with Gasteiger partial charge in [-0.3, -0.25) is 29.4 Å². The number of hydrogen-bond acceptors (Lipinski definition) is 5. The van der Waals surface area contributed by atoms with Gasteiger partial charge in [-0.15, -0.1) is 0 Å². The van der Waals surface area contributed by atoms with E-state index < -0.39 is 28.7 Å². The third kappa shape index (κ3) is 3.51. The van der Waals surface area contributed by atoms with E-state index in [1.807, 2.05) is 42.5 Å². The lowest BCUT2D eigenvalue weighted by atomic mass is 9.85. The summed E-state index contributed by atoms with van der Waals surface area (Å²) in [6, 6.07) is 12.6. The van der Waals surface area contributed by atoms with E-state index in [0.717, 1.165) is 16.9 Å². The number of nitro benzene ring substituents is 1. The highest BCUT2D eigenvalue weighted by Gasteiger charge is 2.61. The zero-order valence-electron chi connectivity index (χ0n) is 18.0. The number of allylic oxidation sites excluding steroid dienone is 2. The first-order valence-electron chi connectivity index (χ1n) is 11.0. The lowest BCUT2D eigenvalue weighted by molar-refractivity contribution is -0.385. The first-order valence-corrected chi connectivity index (χ1v) is 11.0. The molecule has 0 unspecified atom stereocenters. The quantitative estimate of drug-likeness (QED) is 0.318. The summed E-state index contributed by atoms with van der Waals surface area (Å²) in [5.41, 5.74) is 1.42. The summed E-state index contributed by atoms with van der Waals surface area (Å²) < 4.78 is 0. The van der Waals surface area contributed by atoms with E-state index in [1.165, 1.54) is 6.07 Å². The summed E-state index contributed by atoms with van der Waals surface area (Å²) in [6.07, 6.45) is 5.00. The van der Waals surface area contributed by atoms with Crippen molar-refractivity contribution in [2.24, 2.45) is 23.7 Å². The van der Waals surface area contributed by atoms with Gasteiger partial charge in [-0.2, -0.15) is 0 Å². The monoisotopic (exact) mass is 445 g/mol. The van der Waals surface area contributed by atoms with Crippen LogP contribution in [-0.2, 0) is 20.8 Å². The first-order chi connectivity index (χ1) is 15.8. The predicted molar refractivity (Wildman–Crippen MR) is 120 cm³/mol. The van der Waals surface area contributed by atoms with Crippen molar-refractivity contribution >= 4 is 29.1 Å². The summed E-state index contributed by atoms with van der Waals surface area (Å²) in [5, 5.41) is 14.0. The van der Waals surface area contributed by atoms with Gasteiger partial charge in [0, 0.05) is 23.7 Å². The Morgan fingerprint density at radius 3 is 2.33 bits per heavy atom. The van der Waals surface area contributed by atoms with E-state index in [1.54, 1.807) is 19.1 Å². The van der Waals surface area contributed by atoms with Crippen molar-refractivity contribution in [3.63, 3.8) is 0 Å². The van der Waals surface area contributed by atoms with Crippen LogP contribution in [0.4, 0.5) is 11.4 Å². The first kappa shape index (κ1) is 21.1. The minimum Gasteiger partial charge on any atom is -0.324 e. The zero-order valence-corrected chi connectivity index (χ0v) is 18.0. The maximum absolute atomic E-state index is 13.4. The Morgan fingerprint density at radius 1 is 1.09 bits per heavy atom. The van der Waals surface area contributed by atoms with Crippen LogP contribution in [0.3, 0.4) is 0 Å². The van der Waals surface area contributed by atoms with E-state index in [2.05, 4.69) is 5.32 Å². The van der Waals surface area contributed by atoms with E-state index >= 15 is 0 Å². The maximum Gasteiger partial charge on any atom is 0.274 e. The van der Waals surface area contributed by atoms with Crippen molar-refractivity contribution in [3.05, 3.63) is 81.9 Å². The highest BCUT2D eigenvalue weighted by Crippen LogP contribution is 2.53. The number of carbonyl (C=O) groups is 3. The van der Waals surface area contributed by atoms with Gasteiger partial charge in [0.15, 0.2) is 0 Å². The summed E-state index contributed by atoms with van der Waals surface area (Å²) in [6.45, 7) is 1.62. The molecule has 8 nitrogen and oxygen atoms in total. The number of anilines is 1. The van der Waals surface area contributed by atoms with Crippen LogP contribution in [-0.4, -0.2) is 33.6 Å². The number of likely N-dealkylation sites (tertiary alicyclic amines) is 1. The third-order valence-corrected chi connectivity index (χ3v) is 7.06. The molecule has 5 atom stereocenters. The molecule has 33 heavy (non-hydrogen) atoms. The summed E-state index contributed by atoms with van der Waals surface area (Å²) in [4.78, 5) is 52.1. The van der Waals surface area contributed by atoms with E-state index in [9.17, 15) is 24.5 Å². The van der Waals surface area contributed by atoms with Crippen molar-refractivity contribution in [1.82, 2.24) is 4.90 Å². The summed E-state index contributed by atoms with van der Waals surface area (Å²) in [7, 11) is 0. The molecule has 2 bridgehead atoms. The van der Waals surface area contributed by atoms with Gasteiger partial charge in [0.1, 0.15) is 6.04 Å². The maximum atomic E-state index is 13.4. The Kier molecular flexibility index (Phi) is 5.08. The van der Waals surface area contributed by atoms with Crippen molar-refractivity contribution in [2.75, 3.05) is 5.32 Å². The highest BCUT2D eigenvalue weighted by molar-refractivity contribution is 6.11. The Labute approximate surface area is 190 Å². The van der Waals surface area contributed by atoms with Gasteiger partial charge in [0.05, 0.1) is 16.8 Å². The number of imide groups is 1. The number of nitrogens with zero attached hydrogens (tertiary/aromatic N) is 2. The molecule has 3 amide bonds. The Bertz CT molecular complexity index is 1160. The third-order valence-electron chi connectivity index (χ3n) is 7.06. The van der Waals surface area contributed by atoms with Crippen LogP contribution in [0.15, 0.2) is 60.7 Å². The number of rotatable bonds is 6. The van der Waals surface area contributed by atoms with Gasteiger partial charge in [0.25, 0.3) is 5.69 Å². The van der Waals surface area contributed by atoms with Gasteiger partial charge < -0.3 is 5.32 Å². The molecule has 2 fully saturated rings. The van der Waals surface area contributed by atoms with Crippen LogP contribution >= 0.6 is 0 Å². The SMILES string of the molecule is Cc1ccc(NC(=O)[C@H](Cc2ccccc2)N2C(=O)[C@H]3[C@H](C2=O)[C@H]2C=C[C@H]3C2)cc1[N+](=O)[O-]. The molecular formula is C25H23N3O5. The van der Waals surface area contributed by atoms with E-state index in [-0.39, 0.29) is 41.4 Å². The fourth-order valence-corrected chi connectivity index (χ4v) is 5.48. The largest absolute Gasteiger partial charge is 0.324 e. The summed E-state index contributed by atoms with van der Waals surface area (Å²) in [5.74, 6) is -1.86. The molecule has 1 heterocycles. The second-order valence-electron chi connectivity index (χ2n) is 9.00. The van der Waals surface area contributed by atoms with Crippen LogP contribution < -0.4 is 5.32 Å². The number of nitro groups is 1. The Morgan fingerprint density at radius 2 is 1.73 bits per heavy atom. The molecule has 3 aliphatic rings. The topological polar surface area (TPSA) is 110 Å². The van der Waals surface area contributed by atoms with Gasteiger partial charge in [0.2, 0.25) is 17.7 Å². The van der Waals surface area contributed by atoms with E-state index in [0.29, 0.717) is 5.56 Å². The van der Waals surface area contributed by atoms with Crippen molar-refractivity contribution < 1.29 is 19.3 Å². The van der Waals surface area contributed by atoms with Crippen molar-refractivity contribution in [1.29, 1.82) is 0 Å². The number of fused-ring (bicyclic) bond motifs is 5. The highest BCUT2D eigenvalue weighted by atomic mass is 16.6. The molecule has 1 saturated heterocycles. The van der Waals surface area contributed by atoms with Crippen molar-refractivity contribution in [2.45, 2.75) is 25.8 Å². The fourth-order valence-electron chi connectivity index (χ4n) is 5.48. The second-order valence-corrected chi connectivity index (χ2v) is 9.00. The molecule has 0 aromatic heterocycles. The number of aryl methyl sites for hydroxylation is 1. The van der Waals surface area contributed by atoms with Crippen LogP contribution in [0.25, 0.3) is 0 Å². The summed E-state index contributed by atoms with van der Waals surface area (Å²) >= 11 is 0. The number of benzene rings is 2. The van der Waals surface area contributed by atoms with E-state index in [4.69, 9.17) is 0 Å². The number of hydrogen-bond donors (Lipinski definition) is 1. The Hall–Kier alpha value is -3.81. The average Bonchev–Trinajstić information content (AvgIpc) is 3.48. The molecule has 8 heteroatoms. The smallest absolute Gasteiger partial charge is 0.274 e. The van der Waals surface area contributed by atoms with Crippen molar-refractivity contribution in [3.8, 4) is 0 Å². The lowest BCUT2D eigenvalue weighted by Gasteiger charge is -2.27. The lowest BCUT2D eigenvalue weighted by Crippen LogP contribution is -2.49. The zero-order chi connectivity index (χ0) is 23.3. The van der Waals surface area contributed by atoms with Gasteiger partial charge in [-0.05, 0) is 36.8 Å². The molecule has 1 saturated carbocycles. The van der Waals surface area contributed by atoms with Crippen LogP contribution in [0.1, 0.15) is 17.5 Å². The standard InChI is InChI=1S/C25H23N3O5/c1-14-7-10-18(13-19(14)28(32)33)26-23(29)20(11-15-5-3-2-4-6-15)27-24(30)21-16-8-9-17(12-16)22(21)25(27)31/h2-10,13,16-17,20-22H,11-12H2,1H3,(H,26,29)/t16-,17-,20-,21+,22+/m0/s1. The molecule has 0 radical (unpaired) electrons. The minimum absolute atomic E-state index is 0.0432. The van der Waals surface area contributed by atoms with Crippen LogP contribution in [0, 0.1) is 40.7 Å². The normalized spacial score (nSPS) is 25.9.